The van der Waals surface area contributed by atoms with Crippen LogP contribution in [0, 0.1) is 5.92 Å². The zero-order valence-electron chi connectivity index (χ0n) is 5.71. The van der Waals surface area contributed by atoms with Crippen molar-refractivity contribution in [1.82, 2.24) is 0 Å². The molecule has 0 aromatic carbocycles. The average Bonchev–Trinajstić information content (AvgIpc) is 1.87. The minimum Gasteiger partial charge on any atom is -0.299 e. The third kappa shape index (κ3) is 0.843. The van der Waals surface area contributed by atoms with E-state index in [0.29, 0.717) is 0 Å². The fourth-order valence-corrected chi connectivity index (χ4v) is 0.921. The summed E-state index contributed by atoms with van der Waals surface area (Å²) in [5.41, 5.74) is -0.509. The maximum atomic E-state index is 10.7. The van der Waals surface area contributed by atoms with Crippen LogP contribution in [-0.2, 0) is 19.2 Å². The molecule has 1 aliphatic rings. The molecule has 0 aliphatic heterocycles. The van der Waals surface area contributed by atoms with Gasteiger partial charge in [0.1, 0.15) is 23.2 Å². The van der Waals surface area contributed by atoms with Crippen molar-refractivity contribution in [2.45, 2.75) is 6.92 Å². The maximum Gasteiger partial charge on any atom is 0.195 e. The van der Waals surface area contributed by atoms with E-state index in [-0.39, 0.29) is 0 Å². The molecule has 1 rings (SSSR count). The predicted molar refractivity (Wildman–Crippen MR) is 33.4 cm³/mol. The van der Waals surface area contributed by atoms with Crippen LogP contribution in [0.15, 0.2) is 5.57 Å². The number of carbonyl (C=O) groups is 3. The molecule has 4 heteroatoms. The molecule has 1 aliphatic carbocycles. The summed E-state index contributed by atoms with van der Waals surface area (Å²) < 4.78 is 0. The first-order valence-corrected chi connectivity index (χ1v) is 2.93. The molecule has 0 N–H and O–H groups in total. The van der Waals surface area contributed by atoms with Crippen LogP contribution in [-0.4, -0.2) is 23.3 Å². The fourth-order valence-electron chi connectivity index (χ4n) is 0.921. The monoisotopic (exact) mass is 152 g/mol. The number of rotatable bonds is 1. The van der Waals surface area contributed by atoms with Crippen LogP contribution in [0.5, 0.6) is 0 Å². The summed E-state index contributed by atoms with van der Waals surface area (Å²) in [5, 5.41) is 0. The molecule has 0 amide bonds. The molecule has 11 heavy (non-hydrogen) atoms. The maximum absolute atomic E-state index is 10.7. The average molecular weight is 152 g/mol. The molecule has 0 bridgehead atoms. The van der Waals surface area contributed by atoms with Gasteiger partial charge in [-0.05, 0) is 6.92 Å². The quantitative estimate of drug-likeness (QED) is 0.211. The molecule has 0 atom stereocenters. The first kappa shape index (κ1) is 7.57. The zero-order chi connectivity index (χ0) is 8.59. The molecule has 0 aromatic heterocycles. The molecule has 0 aromatic rings. The van der Waals surface area contributed by atoms with E-state index in [0.717, 1.165) is 6.92 Å². The molecule has 56 valence electrons. The Morgan fingerprint density at radius 1 is 1.36 bits per heavy atom. The van der Waals surface area contributed by atoms with Gasteiger partial charge in [-0.1, -0.05) is 0 Å². The minimum atomic E-state index is -1.22. The Morgan fingerprint density at radius 3 is 2.09 bits per heavy atom. The van der Waals surface area contributed by atoms with Crippen molar-refractivity contribution in [1.29, 1.82) is 0 Å². The van der Waals surface area contributed by atoms with Crippen molar-refractivity contribution in [3.8, 4) is 0 Å². The Bertz CT molecular complexity index is 288. The lowest BCUT2D eigenvalue weighted by Crippen LogP contribution is -2.45. The highest BCUT2D eigenvalue weighted by atomic mass is 16.2. The summed E-state index contributed by atoms with van der Waals surface area (Å²) in [7, 11) is 0. The molecule has 0 saturated heterocycles. The lowest BCUT2D eigenvalue weighted by atomic mass is 9.76. The lowest BCUT2D eigenvalue weighted by molar-refractivity contribution is -0.142. The number of hydrogen-bond acceptors (Lipinski definition) is 4. The first-order valence-electron chi connectivity index (χ1n) is 2.93. The van der Waals surface area contributed by atoms with Gasteiger partial charge in [0.2, 0.25) is 0 Å². The van der Waals surface area contributed by atoms with Crippen LogP contribution in [0.3, 0.4) is 0 Å². The zero-order valence-corrected chi connectivity index (χ0v) is 5.71. The number of ketones is 3. The molecule has 0 unspecified atom stereocenters. The predicted octanol–water partition coefficient (Wildman–Crippen LogP) is -0.899. The SMILES string of the molecule is CC(=O)C1C(=O)C(=C=O)C1=O. The molecule has 1 saturated carbocycles. The van der Waals surface area contributed by atoms with Gasteiger partial charge in [-0.3, -0.25) is 14.4 Å². The van der Waals surface area contributed by atoms with E-state index in [4.69, 9.17) is 0 Å². The van der Waals surface area contributed by atoms with Crippen molar-refractivity contribution in [2.75, 3.05) is 0 Å². The van der Waals surface area contributed by atoms with Crippen LogP contribution in [0.25, 0.3) is 0 Å². The first-order chi connectivity index (χ1) is 5.09. The Hall–Kier alpha value is -1.54. The summed E-state index contributed by atoms with van der Waals surface area (Å²) >= 11 is 0. The molecule has 0 radical (unpaired) electrons. The van der Waals surface area contributed by atoms with E-state index in [1.165, 1.54) is 5.94 Å². The van der Waals surface area contributed by atoms with Crippen LogP contribution in [0.1, 0.15) is 6.92 Å². The molecule has 1 fully saturated rings. The highest BCUT2D eigenvalue weighted by Crippen LogP contribution is 2.22. The van der Waals surface area contributed by atoms with Crippen LogP contribution >= 0.6 is 0 Å². The Kier molecular flexibility index (Phi) is 1.55. The van der Waals surface area contributed by atoms with Gasteiger partial charge in [0.15, 0.2) is 11.6 Å². The number of allylic oxidation sites excluding steroid dienone is 1. The highest BCUT2D eigenvalue weighted by Gasteiger charge is 2.48. The molecule has 0 heterocycles. The topological polar surface area (TPSA) is 68.3 Å². The molecular weight excluding hydrogens is 148 g/mol. The van der Waals surface area contributed by atoms with Crippen molar-refractivity contribution in [3.05, 3.63) is 5.57 Å². The van der Waals surface area contributed by atoms with E-state index >= 15 is 0 Å². The summed E-state index contributed by atoms with van der Waals surface area (Å²) in [5.74, 6) is -1.92. The van der Waals surface area contributed by atoms with E-state index in [9.17, 15) is 19.2 Å². The largest absolute Gasteiger partial charge is 0.299 e. The number of carbonyl (C=O) groups excluding carboxylic acids is 4. The van der Waals surface area contributed by atoms with Crippen molar-refractivity contribution in [3.63, 3.8) is 0 Å². The second-order valence-electron chi connectivity index (χ2n) is 2.25. The molecular formula is C7H4O4. The Balaban J connectivity index is 2.98. The smallest absolute Gasteiger partial charge is 0.195 e. The van der Waals surface area contributed by atoms with Crippen LogP contribution in [0.4, 0.5) is 0 Å². The lowest BCUT2D eigenvalue weighted by Gasteiger charge is -2.19. The third-order valence-electron chi connectivity index (χ3n) is 1.53. The fraction of sp³-hybridized carbons (Fsp3) is 0.286. The number of hydrogen-bond donors (Lipinski definition) is 0. The summed E-state index contributed by atoms with van der Waals surface area (Å²) in [6.07, 6.45) is 0. The van der Waals surface area contributed by atoms with E-state index < -0.39 is 28.8 Å². The standard InChI is InChI=1S/C7H4O4/c1-3(9)5-6(10)4(2-8)7(5)11/h5H,1H3. The van der Waals surface area contributed by atoms with E-state index in [2.05, 4.69) is 0 Å². The van der Waals surface area contributed by atoms with Gasteiger partial charge in [-0.25, -0.2) is 4.79 Å². The van der Waals surface area contributed by atoms with E-state index in [1.807, 2.05) is 0 Å². The van der Waals surface area contributed by atoms with Gasteiger partial charge >= 0.3 is 0 Å². The van der Waals surface area contributed by atoms with E-state index in [1.54, 1.807) is 0 Å². The Labute approximate surface area is 61.9 Å². The summed E-state index contributed by atoms with van der Waals surface area (Å²) in [6, 6.07) is 0. The third-order valence-corrected chi connectivity index (χ3v) is 1.53. The van der Waals surface area contributed by atoms with Gasteiger partial charge in [0, 0.05) is 0 Å². The highest BCUT2D eigenvalue weighted by molar-refractivity contribution is 6.48. The Morgan fingerprint density at radius 2 is 1.82 bits per heavy atom. The number of Topliss-reactive ketones (excluding diaryl/α,β-unsaturated/α-hetero) is 3. The minimum absolute atomic E-state index is 0.509. The van der Waals surface area contributed by atoms with Gasteiger partial charge in [0.05, 0.1) is 0 Å². The van der Waals surface area contributed by atoms with Gasteiger partial charge < -0.3 is 0 Å². The van der Waals surface area contributed by atoms with Crippen LogP contribution < -0.4 is 0 Å². The second-order valence-corrected chi connectivity index (χ2v) is 2.25. The van der Waals surface area contributed by atoms with Gasteiger partial charge in [-0.2, -0.15) is 0 Å². The molecule has 0 spiro atoms. The molecule has 4 nitrogen and oxygen atoms in total. The van der Waals surface area contributed by atoms with Crippen molar-refractivity contribution in [2.24, 2.45) is 5.92 Å². The summed E-state index contributed by atoms with van der Waals surface area (Å²) in [4.78, 5) is 41.8. The van der Waals surface area contributed by atoms with Crippen molar-refractivity contribution < 1.29 is 19.2 Å². The van der Waals surface area contributed by atoms with Gasteiger partial charge in [0.25, 0.3) is 0 Å². The summed E-state index contributed by atoms with van der Waals surface area (Å²) in [6.45, 7) is 1.14. The van der Waals surface area contributed by atoms with Crippen molar-refractivity contribution >= 4 is 23.3 Å². The van der Waals surface area contributed by atoms with Crippen LogP contribution in [0.2, 0.25) is 0 Å². The normalized spacial score (nSPS) is 22.6. The second kappa shape index (κ2) is 2.25. The van der Waals surface area contributed by atoms with Gasteiger partial charge in [-0.15, -0.1) is 0 Å².